The van der Waals surface area contributed by atoms with Gasteiger partial charge in [-0.15, -0.1) is 13.2 Å². The Balaban J connectivity index is 3.05. The molecular weight excluding hydrogens is 200 g/mol. The predicted molar refractivity (Wildman–Crippen MR) is 66.0 cm³/mol. The second-order valence-corrected chi connectivity index (χ2v) is 3.82. The van der Waals surface area contributed by atoms with Gasteiger partial charge in [-0.25, -0.2) is 0 Å². The summed E-state index contributed by atoms with van der Waals surface area (Å²) >= 11 is 0. The monoisotopic (exact) mass is 218 g/mol. The van der Waals surface area contributed by atoms with Gasteiger partial charge in [-0.1, -0.05) is 42.5 Å². The Hall–Kier alpha value is -1.38. The van der Waals surface area contributed by atoms with Gasteiger partial charge in [0.05, 0.1) is 6.10 Å². The molecule has 0 heterocycles. The number of rotatable bonds is 6. The summed E-state index contributed by atoms with van der Waals surface area (Å²) in [6.07, 6.45) is 3.00. The molecule has 0 radical (unpaired) electrons. The van der Waals surface area contributed by atoms with Crippen molar-refractivity contribution in [3.05, 3.63) is 61.2 Å². The molecule has 0 aliphatic heterocycles. The van der Waals surface area contributed by atoms with Gasteiger partial charge in [-0.05, 0) is 12.0 Å². The Bertz CT molecular complexity index is 345. The van der Waals surface area contributed by atoms with E-state index in [-0.39, 0.29) is 0 Å². The van der Waals surface area contributed by atoms with Crippen LogP contribution in [-0.4, -0.2) is 16.3 Å². The standard InChI is InChI=1S/C14H18O2/c1-3-8-13(15)14(16,11-4-2)12-9-6-5-7-10-12/h3-7,9-10,13,15-16H,1-2,8,11H2/t13-,14-/m0/s1. The smallest absolute Gasteiger partial charge is 0.119 e. The Labute approximate surface area is 96.6 Å². The number of hydrogen-bond acceptors (Lipinski definition) is 2. The number of hydrogen-bond donors (Lipinski definition) is 2. The molecule has 1 aromatic carbocycles. The summed E-state index contributed by atoms with van der Waals surface area (Å²) < 4.78 is 0. The molecule has 1 rings (SSSR count). The zero-order valence-corrected chi connectivity index (χ0v) is 9.34. The van der Waals surface area contributed by atoms with Crippen LogP contribution < -0.4 is 0 Å². The maximum absolute atomic E-state index is 10.5. The van der Waals surface area contributed by atoms with E-state index in [2.05, 4.69) is 13.2 Å². The topological polar surface area (TPSA) is 40.5 Å². The minimum atomic E-state index is -1.28. The molecule has 0 bridgehead atoms. The van der Waals surface area contributed by atoms with Crippen molar-refractivity contribution >= 4 is 0 Å². The lowest BCUT2D eigenvalue weighted by Crippen LogP contribution is -2.38. The number of aliphatic hydroxyl groups excluding tert-OH is 1. The summed E-state index contributed by atoms with van der Waals surface area (Å²) in [5, 5.41) is 20.5. The van der Waals surface area contributed by atoms with E-state index in [1.54, 1.807) is 24.3 Å². The highest BCUT2D eigenvalue weighted by Gasteiger charge is 2.35. The van der Waals surface area contributed by atoms with Crippen molar-refractivity contribution in [3.63, 3.8) is 0 Å². The fourth-order valence-electron chi connectivity index (χ4n) is 1.75. The van der Waals surface area contributed by atoms with Crippen LogP contribution in [0.2, 0.25) is 0 Å². The average molecular weight is 218 g/mol. The molecular formula is C14H18O2. The van der Waals surface area contributed by atoms with Gasteiger partial charge >= 0.3 is 0 Å². The molecule has 0 aliphatic rings. The molecule has 16 heavy (non-hydrogen) atoms. The molecule has 2 nitrogen and oxygen atoms in total. The highest BCUT2D eigenvalue weighted by Crippen LogP contribution is 2.30. The first kappa shape index (κ1) is 12.7. The van der Waals surface area contributed by atoms with E-state index in [0.29, 0.717) is 18.4 Å². The largest absolute Gasteiger partial charge is 0.389 e. The molecule has 0 aromatic heterocycles. The van der Waals surface area contributed by atoms with E-state index in [4.69, 9.17) is 0 Å². The molecule has 0 fully saturated rings. The maximum Gasteiger partial charge on any atom is 0.119 e. The van der Waals surface area contributed by atoms with Crippen LogP contribution in [0.1, 0.15) is 18.4 Å². The van der Waals surface area contributed by atoms with Crippen molar-refractivity contribution in [2.75, 3.05) is 0 Å². The van der Waals surface area contributed by atoms with Crippen LogP contribution in [0.5, 0.6) is 0 Å². The van der Waals surface area contributed by atoms with Crippen molar-refractivity contribution in [2.24, 2.45) is 0 Å². The van der Waals surface area contributed by atoms with E-state index in [1.165, 1.54) is 0 Å². The Morgan fingerprint density at radius 3 is 2.31 bits per heavy atom. The molecule has 0 amide bonds. The first-order chi connectivity index (χ1) is 7.65. The highest BCUT2D eigenvalue weighted by molar-refractivity contribution is 5.25. The maximum atomic E-state index is 10.5. The SMILES string of the molecule is C=CC[C@H](O)[C@](O)(CC=C)c1ccccc1. The molecule has 0 spiro atoms. The highest BCUT2D eigenvalue weighted by atomic mass is 16.3. The third kappa shape index (κ3) is 2.60. The van der Waals surface area contributed by atoms with Crippen molar-refractivity contribution in [1.82, 2.24) is 0 Å². The first-order valence-corrected chi connectivity index (χ1v) is 5.33. The fourth-order valence-corrected chi connectivity index (χ4v) is 1.75. The van der Waals surface area contributed by atoms with Gasteiger partial charge in [0.25, 0.3) is 0 Å². The van der Waals surface area contributed by atoms with E-state index in [0.717, 1.165) is 0 Å². The Morgan fingerprint density at radius 2 is 1.81 bits per heavy atom. The third-order valence-electron chi connectivity index (χ3n) is 2.67. The quantitative estimate of drug-likeness (QED) is 0.720. The first-order valence-electron chi connectivity index (χ1n) is 5.33. The third-order valence-corrected chi connectivity index (χ3v) is 2.67. The lowest BCUT2D eigenvalue weighted by Gasteiger charge is -2.32. The van der Waals surface area contributed by atoms with Crippen LogP contribution in [0.15, 0.2) is 55.6 Å². The van der Waals surface area contributed by atoms with Crippen LogP contribution >= 0.6 is 0 Å². The van der Waals surface area contributed by atoms with Crippen LogP contribution in [0, 0.1) is 0 Å². The van der Waals surface area contributed by atoms with Gasteiger partial charge in [-0.2, -0.15) is 0 Å². The summed E-state index contributed by atoms with van der Waals surface area (Å²) in [4.78, 5) is 0. The average Bonchev–Trinajstić information content (AvgIpc) is 2.30. The van der Waals surface area contributed by atoms with Crippen molar-refractivity contribution in [2.45, 2.75) is 24.5 Å². The van der Waals surface area contributed by atoms with E-state index in [9.17, 15) is 10.2 Å². The molecule has 0 aliphatic carbocycles. The van der Waals surface area contributed by atoms with E-state index in [1.807, 2.05) is 18.2 Å². The van der Waals surface area contributed by atoms with Crippen LogP contribution in [0.3, 0.4) is 0 Å². The summed E-state index contributed by atoms with van der Waals surface area (Å²) in [6, 6.07) is 9.15. The summed E-state index contributed by atoms with van der Waals surface area (Å²) in [5.41, 5.74) is -0.582. The molecule has 2 heteroatoms. The number of aliphatic hydroxyl groups is 2. The Kier molecular flexibility index (Phi) is 4.47. The number of benzene rings is 1. The van der Waals surface area contributed by atoms with Crippen molar-refractivity contribution < 1.29 is 10.2 Å². The zero-order chi connectivity index (χ0) is 12.0. The Morgan fingerprint density at radius 1 is 1.19 bits per heavy atom. The van der Waals surface area contributed by atoms with Gasteiger partial charge in [0.2, 0.25) is 0 Å². The van der Waals surface area contributed by atoms with Gasteiger partial charge in [0.1, 0.15) is 5.60 Å². The fraction of sp³-hybridized carbons (Fsp3) is 0.286. The molecule has 1 aromatic rings. The van der Waals surface area contributed by atoms with Crippen molar-refractivity contribution in [1.29, 1.82) is 0 Å². The van der Waals surface area contributed by atoms with Gasteiger partial charge in [0.15, 0.2) is 0 Å². The minimum absolute atomic E-state index is 0.312. The van der Waals surface area contributed by atoms with Gasteiger partial charge < -0.3 is 10.2 Å². The van der Waals surface area contributed by atoms with E-state index < -0.39 is 11.7 Å². The van der Waals surface area contributed by atoms with Crippen LogP contribution in [0.4, 0.5) is 0 Å². The molecule has 2 N–H and O–H groups in total. The van der Waals surface area contributed by atoms with Crippen LogP contribution in [0.25, 0.3) is 0 Å². The summed E-state index contributed by atoms with van der Waals surface area (Å²) in [6.45, 7) is 7.19. The molecule has 0 saturated carbocycles. The van der Waals surface area contributed by atoms with Crippen LogP contribution in [-0.2, 0) is 5.60 Å². The second-order valence-electron chi connectivity index (χ2n) is 3.82. The molecule has 0 saturated heterocycles. The van der Waals surface area contributed by atoms with E-state index >= 15 is 0 Å². The predicted octanol–water partition coefficient (Wildman–Crippen LogP) is 2.39. The normalized spacial score (nSPS) is 16.1. The summed E-state index contributed by atoms with van der Waals surface area (Å²) in [5.74, 6) is 0. The van der Waals surface area contributed by atoms with Crippen molar-refractivity contribution in [3.8, 4) is 0 Å². The summed E-state index contributed by atoms with van der Waals surface area (Å²) in [7, 11) is 0. The second kappa shape index (κ2) is 5.64. The van der Waals surface area contributed by atoms with Gasteiger partial charge in [-0.3, -0.25) is 0 Å². The molecule has 0 unspecified atom stereocenters. The zero-order valence-electron chi connectivity index (χ0n) is 9.34. The molecule has 2 atom stereocenters. The lowest BCUT2D eigenvalue weighted by atomic mass is 9.84. The lowest BCUT2D eigenvalue weighted by molar-refractivity contribution is -0.0766. The minimum Gasteiger partial charge on any atom is -0.389 e. The van der Waals surface area contributed by atoms with Gasteiger partial charge in [0, 0.05) is 6.42 Å². The molecule has 86 valence electrons.